The van der Waals surface area contributed by atoms with Gasteiger partial charge in [0.25, 0.3) is 5.91 Å². The lowest BCUT2D eigenvalue weighted by Crippen LogP contribution is -2.30. The van der Waals surface area contributed by atoms with Crippen molar-refractivity contribution in [3.63, 3.8) is 0 Å². The molecule has 18 heavy (non-hydrogen) atoms. The molecule has 0 fully saturated rings. The van der Waals surface area contributed by atoms with E-state index >= 15 is 0 Å². The lowest BCUT2D eigenvalue weighted by Gasteiger charge is -2.17. The van der Waals surface area contributed by atoms with Gasteiger partial charge in [0.2, 0.25) is 0 Å². The smallest absolute Gasteiger partial charge is 0.303 e. The van der Waals surface area contributed by atoms with Gasteiger partial charge in [-0.3, -0.25) is 14.7 Å². The zero-order chi connectivity index (χ0) is 13.5. The molecule has 0 aliphatic carbocycles. The highest BCUT2D eigenvalue weighted by atomic mass is 16.4. The molecule has 6 nitrogen and oxygen atoms in total. The van der Waals surface area contributed by atoms with E-state index < -0.39 is 5.97 Å². The van der Waals surface area contributed by atoms with Crippen molar-refractivity contribution in [1.82, 2.24) is 15.5 Å². The first-order valence-electron chi connectivity index (χ1n) is 5.97. The molecule has 0 aromatic carbocycles. The Hall–Kier alpha value is -1.85. The highest BCUT2D eigenvalue weighted by Gasteiger charge is 2.16. The Bertz CT molecular complexity index is 387. The van der Waals surface area contributed by atoms with Gasteiger partial charge >= 0.3 is 5.97 Å². The number of nitrogens with zero attached hydrogens (tertiary/aromatic N) is 1. The number of carboxylic acid groups (broad SMARTS) is 1. The fourth-order valence-corrected chi connectivity index (χ4v) is 1.87. The Labute approximate surface area is 106 Å². The normalized spacial score (nSPS) is 12.4. The minimum Gasteiger partial charge on any atom is -0.481 e. The summed E-state index contributed by atoms with van der Waals surface area (Å²) in [6, 6.07) is 0. The van der Waals surface area contributed by atoms with Crippen LogP contribution in [-0.4, -0.2) is 33.7 Å². The second-order valence-corrected chi connectivity index (χ2v) is 4.79. The maximum Gasteiger partial charge on any atom is 0.303 e. The molecule has 1 heterocycles. The van der Waals surface area contributed by atoms with Crippen molar-refractivity contribution in [3.8, 4) is 0 Å². The molecule has 1 atom stereocenters. The molecule has 0 saturated heterocycles. The van der Waals surface area contributed by atoms with E-state index in [0.29, 0.717) is 18.0 Å². The molecule has 6 heteroatoms. The first-order chi connectivity index (χ1) is 8.49. The minimum absolute atomic E-state index is 0.0432. The van der Waals surface area contributed by atoms with E-state index in [2.05, 4.69) is 15.5 Å². The fourth-order valence-electron chi connectivity index (χ4n) is 1.87. The quantitative estimate of drug-likeness (QED) is 0.682. The number of carbonyl (C=O) groups is 2. The third-order valence-electron chi connectivity index (χ3n) is 2.58. The molecule has 1 rings (SSSR count). The van der Waals surface area contributed by atoms with Crippen LogP contribution < -0.4 is 5.32 Å². The molecular formula is C12H19N3O3. The molecule has 0 unspecified atom stereocenters. The van der Waals surface area contributed by atoms with E-state index in [1.165, 1.54) is 12.4 Å². The lowest BCUT2D eigenvalue weighted by atomic mass is 9.94. The van der Waals surface area contributed by atoms with Crippen LogP contribution in [0.4, 0.5) is 0 Å². The van der Waals surface area contributed by atoms with Gasteiger partial charge in [0.05, 0.1) is 11.8 Å². The fraction of sp³-hybridized carbons (Fsp3) is 0.583. The summed E-state index contributed by atoms with van der Waals surface area (Å²) >= 11 is 0. The van der Waals surface area contributed by atoms with Crippen LogP contribution in [0.2, 0.25) is 0 Å². The van der Waals surface area contributed by atoms with E-state index in [1.807, 2.05) is 13.8 Å². The van der Waals surface area contributed by atoms with Gasteiger partial charge in [-0.15, -0.1) is 0 Å². The van der Waals surface area contributed by atoms with Crippen LogP contribution in [0.25, 0.3) is 0 Å². The van der Waals surface area contributed by atoms with Crippen molar-refractivity contribution in [2.75, 3.05) is 6.54 Å². The summed E-state index contributed by atoms with van der Waals surface area (Å²) in [6.45, 7) is 4.44. The van der Waals surface area contributed by atoms with E-state index in [1.54, 1.807) is 0 Å². The van der Waals surface area contributed by atoms with Crippen LogP contribution in [0.15, 0.2) is 12.4 Å². The van der Waals surface area contributed by atoms with Crippen molar-refractivity contribution >= 4 is 11.9 Å². The van der Waals surface area contributed by atoms with Gasteiger partial charge in [0.15, 0.2) is 0 Å². The van der Waals surface area contributed by atoms with Crippen LogP contribution in [0, 0.1) is 11.8 Å². The van der Waals surface area contributed by atoms with E-state index in [-0.39, 0.29) is 18.2 Å². The molecule has 100 valence electrons. The van der Waals surface area contributed by atoms with Gasteiger partial charge in [-0.25, -0.2) is 0 Å². The number of amides is 1. The summed E-state index contributed by atoms with van der Waals surface area (Å²) in [4.78, 5) is 22.4. The molecule has 1 aromatic heterocycles. The number of rotatable bonds is 7. The SMILES string of the molecule is CC(C)C[C@H](CNC(=O)c1cn[nH]c1)CC(=O)O. The van der Waals surface area contributed by atoms with E-state index in [0.717, 1.165) is 6.42 Å². The average Bonchev–Trinajstić information content (AvgIpc) is 2.77. The van der Waals surface area contributed by atoms with E-state index in [4.69, 9.17) is 5.11 Å². The molecule has 3 N–H and O–H groups in total. The third-order valence-corrected chi connectivity index (χ3v) is 2.58. The molecule has 1 amide bonds. The van der Waals surface area contributed by atoms with Gasteiger partial charge in [-0.1, -0.05) is 13.8 Å². The Balaban J connectivity index is 2.45. The number of nitrogens with one attached hydrogen (secondary N) is 2. The van der Waals surface area contributed by atoms with Crippen molar-refractivity contribution in [3.05, 3.63) is 18.0 Å². The molecule has 0 radical (unpaired) electrons. The molecule has 0 aliphatic heterocycles. The monoisotopic (exact) mass is 253 g/mol. The van der Waals surface area contributed by atoms with E-state index in [9.17, 15) is 9.59 Å². The number of hydrogen-bond acceptors (Lipinski definition) is 3. The first-order valence-corrected chi connectivity index (χ1v) is 5.97. The Morgan fingerprint density at radius 1 is 1.50 bits per heavy atom. The summed E-state index contributed by atoms with van der Waals surface area (Å²) < 4.78 is 0. The molecular weight excluding hydrogens is 234 g/mol. The van der Waals surface area contributed by atoms with Crippen LogP contribution in [0.1, 0.15) is 37.0 Å². The van der Waals surface area contributed by atoms with Gasteiger partial charge in [0, 0.05) is 19.2 Å². The Morgan fingerprint density at radius 2 is 2.22 bits per heavy atom. The Kier molecular flexibility index (Phi) is 5.35. The molecule has 1 aromatic rings. The average molecular weight is 253 g/mol. The molecule has 0 bridgehead atoms. The van der Waals surface area contributed by atoms with Gasteiger partial charge in [-0.05, 0) is 18.3 Å². The molecule has 0 aliphatic rings. The van der Waals surface area contributed by atoms with Crippen LogP contribution in [0.3, 0.4) is 0 Å². The number of H-pyrrole nitrogens is 1. The molecule has 0 saturated carbocycles. The predicted octanol–water partition coefficient (Wildman–Crippen LogP) is 1.28. The summed E-state index contributed by atoms with van der Waals surface area (Å²) in [6.07, 6.45) is 3.79. The standard InChI is InChI=1S/C12H19N3O3/c1-8(2)3-9(4-11(16)17)5-13-12(18)10-6-14-15-7-10/h6-9H,3-5H2,1-2H3,(H,13,18)(H,14,15)(H,16,17)/t9-/m0/s1. The number of aromatic nitrogens is 2. The largest absolute Gasteiger partial charge is 0.481 e. The topological polar surface area (TPSA) is 95.1 Å². The Morgan fingerprint density at radius 3 is 2.72 bits per heavy atom. The zero-order valence-corrected chi connectivity index (χ0v) is 10.6. The number of hydrogen-bond donors (Lipinski definition) is 3. The summed E-state index contributed by atoms with van der Waals surface area (Å²) in [5.41, 5.74) is 0.452. The van der Waals surface area contributed by atoms with Gasteiger partial charge in [-0.2, -0.15) is 5.10 Å². The van der Waals surface area contributed by atoms with Crippen molar-refractivity contribution < 1.29 is 14.7 Å². The second kappa shape index (κ2) is 6.78. The summed E-state index contributed by atoms with van der Waals surface area (Å²) in [5.74, 6) is -0.709. The summed E-state index contributed by atoms with van der Waals surface area (Å²) in [5, 5.41) is 17.8. The number of aliphatic carboxylic acids is 1. The predicted molar refractivity (Wildman–Crippen MR) is 66.1 cm³/mol. The third kappa shape index (κ3) is 4.99. The highest BCUT2D eigenvalue weighted by molar-refractivity contribution is 5.93. The summed E-state index contributed by atoms with van der Waals surface area (Å²) in [7, 11) is 0. The van der Waals surface area contributed by atoms with Crippen molar-refractivity contribution in [1.29, 1.82) is 0 Å². The maximum absolute atomic E-state index is 11.7. The highest BCUT2D eigenvalue weighted by Crippen LogP contribution is 2.14. The van der Waals surface area contributed by atoms with Crippen LogP contribution >= 0.6 is 0 Å². The number of carboxylic acids is 1. The van der Waals surface area contributed by atoms with Gasteiger partial charge in [0.1, 0.15) is 0 Å². The molecule has 0 spiro atoms. The van der Waals surface area contributed by atoms with Gasteiger partial charge < -0.3 is 10.4 Å². The van der Waals surface area contributed by atoms with Crippen LogP contribution in [0.5, 0.6) is 0 Å². The van der Waals surface area contributed by atoms with Crippen LogP contribution in [-0.2, 0) is 4.79 Å². The first kappa shape index (κ1) is 14.2. The van der Waals surface area contributed by atoms with Crippen molar-refractivity contribution in [2.24, 2.45) is 11.8 Å². The van der Waals surface area contributed by atoms with Crippen molar-refractivity contribution in [2.45, 2.75) is 26.7 Å². The lowest BCUT2D eigenvalue weighted by molar-refractivity contribution is -0.138. The number of carbonyl (C=O) groups excluding carboxylic acids is 1. The number of aromatic amines is 1. The second-order valence-electron chi connectivity index (χ2n) is 4.79. The minimum atomic E-state index is -0.835. The maximum atomic E-state index is 11.7. The zero-order valence-electron chi connectivity index (χ0n) is 10.6.